The summed E-state index contributed by atoms with van der Waals surface area (Å²) < 4.78 is 1.09. The minimum atomic E-state index is -0.140. The first-order chi connectivity index (χ1) is 5.47. The largest absolute Gasteiger partial charge is 1.00 e. The molecule has 0 atom stereocenters. The van der Waals surface area contributed by atoms with Gasteiger partial charge in [0.05, 0.1) is 32.1 Å². The number of carbonyl (C=O) groups excluding carboxylic acids is 1. The van der Waals surface area contributed by atoms with Gasteiger partial charge in [-0.3, -0.25) is 0 Å². The second-order valence-corrected chi connectivity index (χ2v) is 5.04. The van der Waals surface area contributed by atoms with Crippen LogP contribution in [0.4, 0.5) is 0 Å². The number of likely N-dealkylation sites (tertiary alicyclic amines) is 1. The van der Waals surface area contributed by atoms with Gasteiger partial charge in [-0.2, -0.15) is 0 Å². The van der Waals surface area contributed by atoms with E-state index in [4.69, 9.17) is 0 Å². The molecule has 2 nitrogen and oxygen atoms in total. The number of halogens is 1. The molecular weight excluding hydrogens is 277 g/mol. The molecule has 0 spiro atoms. The van der Waals surface area contributed by atoms with Gasteiger partial charge in [-0.1, -0.05) is 0 Å². The van der Waals surface area contributed by atoms with E-state index in [9.17, 15) is 4.79 Å². The Morgan fingerprint density at radius 1 is 1.31 bits per heavy atom. The lowest BCUT2D eigenvalue weighted by Crippen LogP contribution is -3.00. The highest BCUT2D eigenvalue weighted by Gasteiger charge is 2.33. The minimum absolute atomic E-state index is 0. The molecule has 0 aromatic heterocycles. The summed E-state index contributed by atoms with van der Waals surface area (Å²) in [6.07, 6.45) is 3.74. The molecule has 1 aliphatic rings. The third-order valence-corrected chi connectivity index (χ3v) is 2.75. The van der Waals surface area contributed by atoms with Crippen LogP contribution in [-0.2, 0) is 4.79 Å². The number of nitrogens with zero attached hydrogens (tertiary/aromatic N) is 1. The summed E-state index contributed by atoms with van der Waals surface area (Å²) in [6, 6.07) is 0. The Kier molecular flexibility index (Phi) is 4.86. The van der Waals surface area contributed by atoms with E-state index in [0.29, 0.717) is 0 Å². The van der Waals surface area contributed by atoms with Gasteiger partial charge in [0.2, 0.25) is 0 Å². The Labute approximate surface area is 98.3 Å². The van der Waals surface area contributed by atoms with Gasteiger partial charge in [0.25, 0.3) is 0 Å². The Morgan fingerprint density at radius 2 is 1.77 bits per heavy atom. The van der Waals surface area contributed by atoms with Crippen LogP contribution in [-0.4, -0.2) is 37.5 Å². The van der Waals surface area contributed by atoms with Crippen LogP contribution in [0.1, 0.15) is 26.7 Å². The molecule has 0 aromatic rings. The molecule has 0 unspecified atom stereocenters. The highest BCUT2D eigenvalue weighted by molar-refractivity contribution is 5.57. The van der Waals surface area contributed by atoms with Crippen molar-refractivity contribution in [3.63, 3.8) is 0 Å². The predicted molar refractivity (Wildman–Crippen MR) is 49.9 cm³/mol. The summed E-state index contributed by atoms with van der Waals surface area (Å²) in [4.78, 5) is 10.7. The van der Waals surface area contributed by atoms with Crippen LogP contribution >= 0.6 is 0 Å². The molecule has 0 aromatic carbocycles. The zero-order chi connectivity index (χ0) is 9.24. The first-order valence-electron chi connectivity index (χ1n) is 4.77. The lowest BCUT2D eigenvalue weighted by molar-refractivity contribution is -0.902. The van der Waals surface area contributed by atoms with Gasteiger partial charge in [0, 0.05) is 12.8 Å². The maximum absolute atomic E-state index is 10.7. The van der Waals surface area contributed by atoms with Crippen LogP contribution in [0.15, 0.2) is 0 Å². The van der Waals surface area contributed by atoms with E-state index in [2.05, 4.69) is 7.05 Å². The number of hydrogen-bond donors (Lipinski definition) is 0. The summed E-state index contributed by atoms with van der Waals surface area (Å²) >= 11 is 0. The molecule has 0 bridgehead atoms. The van der Waals surface area contributed by atoms with E-state index in [1.54, 1.807) is 0 Å². The van der Waals surface area contributed by atoms with E-state index in [1.165, 1.54) is 25.9 Å². The van der Waals surface area contributed by atoms with Crippen LogP contribution in [0.5, 0.6) is 0 Å². The maximum atomic E-state index is 10.7. The Bertz CT molecular complexity index is 174. The lowest BCUT2D eigenvalue weighted by atomic mass is 9.94. The van der Waals surface area contributed by atoms with E-state index in [1.807, 2.05) is 13.8 Å². The lowest BCUT2D eigenvalue weighted by Gasteiger charge is -2.34. The fourth-order valence-corrected chi connectivity index (χ4v) is 2.28. The second kappa shape index (κ2) is 4.73. The zero-order valence-corrected chi connectivity index (χ0v) is 11.0. The number of carbonyl (C=O) groups is 1. The van der Waals surface area contributed by atoms with Crippen molar-refractivity contribution in [1.29, 1.82) is 0 Å². The van der Waals surface area contributed by atoms with Gasteiger partial charge in [-0.05, 0) is 13.8 Å². The molecule has 0 aliphatic carbocycles. The topological polar surface area (TPSA) is 17.1 Å². The van der Waals surface area contributed by atoms with Gasteiger partial charge in [-0.25, -0.2) is 0 Å². The van der Waals surface area contributed by atoms with Crippen molar-refractivity contribution in [1.82, 2.24) is 0 Å². The van der Waals surface area contributed by atoms with Crippen molar-refractivity contribution in [2.45, 2.75) is 26.7 Å². The number of quaternary nitrogens is 1. The van der Waals surface area contributed by atoms with Gasteiger partial charge >= 0.3 is 0 Å². The number of aldehydes is 1. The van der Waals surface area contributed by atoms with Crippen LogP contribution in [0.3, 0.4) is 0 Å². The van der Waals surface area contributed by atoms with Gasteiger partial charge in [0.1, 0.15) is 6.29 Å². The van der Waals surface area contributed by atoms with Gasteiger partial charge in [0.15, 0.2) is 0 Å². The highest BCUT2D eigenvalue weighted by Crippen LogP contribution is 2.23. The molecule has 78 valence electrons. The molecule has 1 aliphatic heterocycles. The fraction of sp³-hybridized carbons (Fsp3) is 0.900. The highest BCUT2D eigenvalue weighted by atomic mass is 127. The van der Waals surface area contributed by atoms with Crippen molar-refractivity contribution >= 4 is 6.29 Å². The maximum Gasteiger partial charge on any atom is 0.131 e. The molecule has 0 radical (unpaired) electrons. The Hall–Kier alpha value is 0.360. The third-order valence-electron chi connectivity index (χ3n) is 2.75. The summed E-state index contributed by atoms with van der Waals surface area (Å²) in [5.41, 5.74) is -0.140. The molecule has 1 fully saturated rings. The standard InChI is InChI=1S/C10H20NO.HI/c1-10(2,9-12)8-11(3)6-4-5-7-11;/h9H,4-8H2,1-3H3;1H/q+1;/p-1. The molecule has 3 heteroatoms. The summed E-state index contributed by atoms with van der Waals surface area (Å²) in [6.45, 7) is 7.55. The summed E-state index contributed by atoms with van der Waals surface area (Å²) in [7, 11) is 2.26. The normalized spacial score (nSPS) is 20.8. The van der Waals surface area contributed by atoms with E-state index >= 15 is 0 Å². The average molecular weight is 297 g/mol. The van der Waals surface area contributed by atoms with E-state index < -0.39 is 0 Å². The Morgan fingerprint density at radius 3 is 2.15 bits per heavy atom. The van der Waals surface area contributed by atoms with Crippen molar-refractivity contribution < 1.29 is 33.3 Å². The van der Waals surface area contributed by atoms with Crippen LogP contribution in [0, 0.1) is 5.41 Å². The average Bonchev–Trinajstić information content (AvgIpc) is 2.35. The quantitative estimate of drug-likeness (QED) is 0.350. The molecular formula is C10H20INO. The molecule has 1 rings (SSSR count). The third kappa shape index (κ3) is 3.94. The fourth-order valence-electron chi connectivity index (χ4n) is 2.28. The van der Waals surface area contributed by atoms with Crippen LogP contribution in [0.2, 0.25) is 0 Å². The first kappa shape index (κ1) is 13.4. The Balaban J connectivity index is 0.00000144. The minimum Gasteiger partial charge on any atom is -1.00 e. The van der Waals surface area contributed by atoms with Crippen LogP contribution in [0.25, 0.3) is 0 Å². The molecule has 13 heavy (non-hydrogen) atoms. The van der Waals surface area contributed by atoms with Crippen molar-refractivity contribution in [3.05, 3.63) is 0 Å². The van der Waals surface area contributed by atoms with E-state index in [0.717, 1.165) is 17.3 Å². The SMILES string of the molecule is CC(C)(C=O)C[N+]1(C)CCCC1.[I-]. The van der Waals surface area contributed by atoms with Crippen molar-refractivity contribution in [2.24, 2.45) is 5.41 Å². The number of rotatable bonds is 3. The molecule has 0 amide bonds. The smallest absolute Gasteiger partial charge is 0.131 e. The number of hydrogen-bond acceptors (Lipinski definition) is 1. The first-order valence-corrected chi connectivity index (χ1v) is 4.77. The zero-order valence-electron chi connectivity index (χ0n) is 8.85. The predicted octanol–water partition coefficient (Wildman–Crippen LogP) is -1.54. The van der Waals surface area contributed by atoms with Crippen molar-refractivity contribution in [3.8, 4) is 0 Å². The van der Waals surface area contributed by atoms with Crippen molar-refractivity contribution in [2.75, 3.05) is 26.7 Å². The summed E-state index contributed by atoms with van der Waals surface area (Å²) in [5, 5.41) is 0. The van der Waals surface area contributed by atoms with Crippen LogP contribution < -0.4 is 24.0 Å². The molecule has 1 saturated heterocycles. The molecule has 0 saturated carbocycles. The van der Waals surface area contributed by atoms with Gasteiger partial charge < -0.3 is 33.3 Å². The van der Waals surface area contributed by atoms with Gasteiger partial charge in [-0.15, -0.1) is 0 Å². The molecule has 1 heterocycles. The second-order valence-electron chi connectivity index (χ2n) is 5.04. The monoisotopic (exact) mass is 297 g/mol. The van der Waals surface area contributed by atoms with E-state index in [-0.39, 0.29) is 29.4 Å². The summed E-state index contributed by atoms with van der Waals surface area (Å²) in [5.74, 6) is 0. The molecule has 0 N–H and O–H groups in total.